The highest BCUT2D eigenvalue weighted by Crippen LogP contribution is 2.24. The molecule has 19 heavy (non-hydrogen) atoms. The first kappa shape index (κ1) is 16.1. The van der Waals surface area contributed by atoms with E-state index >= 15 is 0 Å². The van der Waals surface area contributed by atoms with Crippen LogP contribution in [0.1, 0.15) is 28.4 Å². The fourth-order valence-corrected chi connectivity index (χ4v) is 3.24. The van der Waals surface area contributed by atoms with Gasteiger partial charge in [-0.25, -0.2) is 13.2 Å². The summed E-state index contributed by atoms with van der Waals surface area (Å²) in [5, 5.41) is 0. The maximum atomic E-state index is 12.2. The molecule has 5 nitrogen and oxygen atoms in total. The molecule has 0 spiro atoms. The summed E-state index contributed by atoms with van der Waals surface area (Å²) in [4.78, 5) is 11.7. The van der Waals surface area contributed by atoms with Gasteiger partial charge < -0.3 is 4.74 Å². The number of hydrogen-bond donors (Lipinski definition) is 0. The maximum Gasteiger partial charge on any atom is 0.338 e. The van der Waals surface area contributed by atoms with Gasteiger partial charge in [0, 0.05) is 22.7 Å². The summed E-state index contributed by atoms with van der Waals surface area (Å²) in [6.45, 7) is 5.49. The first-order valence-corrected chi connectivity index (χ1v) is 7.78. The van der Waals surface area contributed by atoms with Crippen LogP contribution in [0.15, 0.2) is 17.0 Å². The highest BCUT2D eigenvalue weighted by molar-refractivity contribution is 9.08. The Morgan fingerprint density at radius 1 is 1.37 bits per heavy atom. The van der Waals surface area contributed by atoms with E-state index in [-0.39, 0.29) is 17.0 Å². The summed E-state index contributed by atoms with van der Waals surface area (Å²) >= 11 is 2.99. The Morgan fingerprint density at radius 2 is 1.95 bits per heavy atom. The fraction of sp³-hybridized carbons (Fsp3) is 0.417. The van der Waals surface area contributed by atoms with Gasteiger partial charge in [-0.2, -0.15) is 0 Å². The van der Waals surface area contributed by atoms with E-state index in [0.29, 0.717) is 5.56 Å². The number of ether oxygens (including phenoxy) is 1. The number of sulfonamides is 1. The van der Waals surface area contributed by atoms with Crippen molar-refractivity contribution in [2.75, 3.05) is 13.7 Å². The molecule has 106 valence electrons. The average Bonchev–Trinajstić information content (AvgIpc) is 2.39. The van der Waals surface area contributed by atoms with Crippen LogP contribution in [0.25, 0.3) is 0 Å². The summed E-state index contributed by atoms with van der Waals surface area (Å²) in [7, 11) is -2.39. The Balaban J connectivity index is 3.48. The van der Waals surface area contributed by atoms with Crippen LogP contribution in [-0.4, -0.2) is 31.4 Å². The number of halogens is 1. The van der Waals surface area contributed by atoms with Crippen molar-refractivity contribution in [1.82, 2.24) is 3.33 Å². The molecule has 1 rings (SSSR count). The van der Waals surface area contributed by atoms with Crippen molar-refractivity contribution in [3.63, 3.8) is 0 Å². The molecule has 0 saturated carbocycles. The van der Waals surface area contributed by atoms with Crippen molar-refractivity contribution in [1.29, 1.82) is 0 Å². The Morgan fingerprint density at radius 3 is 2.42 bits per heavy atom. The van der Waals surface area contributed by atoms with Crippen LogP contribution in [-0.2, 0) is 14.8 Å². The van der Waals surface area contributed by atoms with Gasteiger partial charge in [-0.15, -0.1) is 3.33 Å². The largest absolute Gasteiger partial charge is 0.465 e. The van der Waals surface area contributed by atoms with Crippen LogP contribution in [0.4, 0.5) is 0 Å². The lowest BCUT2D eigenvalue weighted by Crippen LogP contribution is -2.22. The Hall–Kier alpha value is -0.920. The van der Waals surface area contributed by atoms with E-state index in [4.69, 9.17) is 0 Å². The fourth-order valence-electron chi connectivity index (χ4n) is 1.58. The number of rotatable bonds is 4. The topological polar surface area (TPSA) is 63.7 Å². The molecule has 0 aliphatic heterocycles. The molecule has 7 heteroatoms. The van der Waals surface area contributed by atoms with Gasteiger partial charge in [0.15, 0.2) is 0 Å². The molecule has 0 aliphatic rings. The van der Waals surface area contributed by atoms with Gasteiger partial charge in [0.2, 0.25) is 0 Å². The Kier molecular flexibility index (Phi) is 5.11. The van der Waals surface area contributed by atoms with Crippen LogP contribution in [0.3, 0.4) is 0 Å². The molecule has 0 aliphatic carbocycles. The minimum atomic E-state index is -3.65. The molecule has 0 saturated heterocycles. The zero-order chi connectivity index (χ0) is 14.8. The second-order valence-electron chi connectivity index (χ2n) is 4.01. The molecule has 0 fully saturated rings. The van der Waals surface area contributed by atoms with E-state index in [1.54, 1.807) is 26.8 Å². The van der Waals surface area contributed by atoms with Crippen molar-refractivity contribution >= 4 is 32.1 Å². The average molecular weight is 350 g/mol. The first-order valence-electron chi connectivity index (χ1n) is 5.63. The van der Waals surface area contributed by atoms with E-state index in [0.717, 1.165) is 8.89 Å². The molecule has 0 heterocycles. The predicted octanol–water partition coefficient (Wildman–Crippen LogP) is 2.41. The standard InChI is InChI=1S/C12H16BrNO4S/c1-5-14(13)19(16,17)10-6-8(2)9(3)11(7-10)12(15)18-4/h6-7H,5H2,1-4H3. The molecule has 0 bridgehead atoms. The van der Waals surface area contributed by atoms with Crippen LogP contribution in [0.5, 0.6) is 0 Å². The maximum absolute atomic E-state index is 12.2. The molecule has 0 atom stereocenters. The van der Waals surface area contributed by atoms with Gasteiger partial charge >= 0.3 is 5.97 Å². The van der Waals surface area contributed by atoms with E-state index < -0.39 is 16.0 Å². The van der Waals surface area contributed by atoms with Gasteiger partial charge in [0.05, 0.1) is 17.6 Å². The SMILES string of the molecule is CCN(Br)S(=O)(=O)c1cc(C)c(C)c(C(=O)OC)c1. The van der Waals surface area contributed by atoms with Crippen molar-refractivity contribution in [2.45, 2.75) is 25.7 Å². The first-order chi connectivity index (χ1) is 8.75. The lowest BCUT2D eigenvalue weighted by molar-refractivity contribution is 0.0599. The highest BCUT2D eigenvalue weighted by atomic mass is 79.9. The molecular formula is C12H16BrNO4S. The van der Waals surface area contributed by atoms with Crippen LogP contribution in [0.2, 0.25) is 0 Å². The molecule has 0 aromatic heterocycles. The second kappa shape index (κ2) is 6.02. The summed E-state index contributed by atoms with van der Waals surface area (Å²) in [6, 6.07) is 2.88. The number of hydrogen-bond acceptors (Lipinski definition) is 4. The third-order valence-corrected chi connectivity index (χ3v) is 6.11. The monoisotopic (exact) mass is 349 g/mol. The number of carbonyl (C=O) groups is 1. The third kappa shape index (κ3) is 3.16. The van der Waals surface area contributed by atoms with Crippen LogP contribution in [0, 0.1) is 13.8 Å². The third-order valence-electron chi connectivity index (χ3n) is 2.85. The quantitative estimate of drug-likeness (QED) is 0.618. The summed E-state index contributed by atoms with van der Waals surface area (Å²) < 4.78 is 30.1. The van der Waals surface area contributed by atoms with Crippen molar-refractivity contribution in [2.24, 2.45) is 0 Å². The summed E-state index contributed by atoms with van der Waals surface area (Å²) in [5.74, 6) is -0.546. The number of aryl methyl sites for hydroxylation is 1. The van der Waals surface area contributed by atoms with Crippen molar-refractivity contribution < 1.29 is 17.9 Å². The van der Waals surface area contributed by atoms with E-state index in [1.165, 1.54) is 13.2 Å². The summed E-state index contributed by atoms with van der Waals surface area (Å²) in [5.41, 5.74) is 1.69. The minimum Gasteiger partial charge on any atom is -0.465 e. The van der Waals surface area contributed by atoms with Gasteiger partial charge in [0.1, 0.15) is 0 Å². The molecule has 1 aromatic rings. The van der Waals surface area contributed by atoms with E-state index in [1.807, 2.05) is 0 Å². The number of carbonyl (C=O) groups excluding carboxylic acids is 1. The second-order valence-corrected chi connectivity index (χ2v) is 7.20. The number of esters is 1. The molecule has 1 aromatic carbocycles. The Bertz CT molecular complexity index is 598. The molecule has 0 amide bonds. The van der Waals surface area contributed by atoms with Gasteiger partial charge in [0.25, 0.3) is 10.0 Å². The summed E-state index contributed by atoms with van der Waals surface area (Å²) in [6.07, 6.45) is 0. The molecule has 0 N–H and O–H groups in total. The minimum absolute atomic E-state index is 0.0646. The van der Waals surface area contributed by atoms with E-state index in [9.17, 15) is 13.2 Å². The Labute approximate surface area is 121 Å². The lowest BCUT2D eigenvalue weighted by Gasteiger charge is -2.15. The van der Waals surface area contributed by atoms with Crippen LogP contribution >= 0.6 is 16.1 Å². The number of benzene rings is 1. The van der Waals surface area contributed by atoms with Gasteiger partial charge in [-0.1, -0.05) is 6.92 Å². The molecular weight excluding hydrogens is 334 g/mol. The molecule has 0 unspecified atom stereocenters. The normalized spacial score (nSPS) is 11.7. The number of methoxy groups -OCH3 is 1. The van der Waals surface area contributed by atoms with Crippen molar-refractivity contribution in [3.05, 3.63) is 28.8 Å². The smallest absolute Gasteiger partial charge is 0.338 e. The predicted molar refractivity (Wildman–Crippen MR) is 75.7 cm³/mol. The zero-order valence-electron chi connectivity index (χ0n) is 11.2. The van der Waals surface area contributed by atoms with Crippen LogP contribution < -0.4 is 0 Å². The van der Waals surface area contributed by atoms with Gasteiger partial charge in [-0.3, -0.25) is 0 Å². The number of nitrogens with zero attached hydrogens (tertiary/aromatic N) is 1. The van der Waals surface area contributed by atoms with E-state index in [2.05, 4.69) is 20.9 Å². The lowest BCUT2D eigenvalue weighted by atomic mass is 10.0. The highest BCUT2D eigenvalue weighted by Gasteiger charge is 2.24. The zero-order valence-corrected chi connectivity index (χ0v) is 13.6. The molecule has 0 radical (unpaired) electrons. The van der Waals surface area contributed by atoms with Gasteiger partial charge in [-0.05, 0) is 37.1 Å². The van der Waals surface area contributed by atoms with Crippen molar-refractivity contribution in [3.8, 4) is 0 Å².